The van der Waals surface area contributed by atoms with Crippen LogP contribution in [0, 0.1) is 11.7 Å². The Balaban J connectivity index is 2.59. The van der Waals surface area contributed by atoms with Gasteiger partial charge in [-0.15, -0.1) is 0 Å². The summed E-state index contributed by atoms with van der Waals surface area (Å²) in [5.74, 6) is -0.369. The third-order valence-electron chi connectivity index (χ3n) is 2.48. The van der Waals surface area contributed by atoms with Gasteiger partial charge in [0, 0.05) is 18.2 Å². The van der Waals surface area contributed by atoms with Crippen molar-refractivity contribution < 1.29 is 9.18 Å². The van der Waals surface area contributed by atoms with Crippen LogP contribution in [0.2, 0.25) is 0 Å². The normalized spacial score (nSPS) is 12.6. The van der Waals surface area contributed by atoms with Gasteiger partial charge >= 0.3 is 0 Å². The molecule has 3 nitrogen and oxygen atoms in total. The lowest BCUT2D eigenvalue weighted by Crippen LogP contribution is -2.31. The van der Waals surface area contributed by atoms with E-state index in [1.165, 1.54) is 6.07 Å². The molecule has 1 amide bonds. The van der Waals surface area contributed by atoms with E-state index in [0.717, 1.165) is 0 Å². The average molecular weight is 303 g/mol. The molecule has 1 aromatic rings. The molecule has 94 valence electrons. The molecule has 0 radical (unpaired) electrons. The van der Waals surface area contributed by atoms with Gasteiger partial charge in [0.2, 0.25) is 5.91 Å². The van der Waals surface area contributed by atoms with Gasteiger partial charge in [0.15, 0.2) is 0 Å². The van der Waals surface area contributed by atoms with E-state index in [0.29, 0.717) is 10.2 Å². The largest absolute Gasteiger partial charge is 0.327 e. The molecule has 0 aliphatic heterocycles. The number of anilines is 1. The van der Waals surface area contributed by atoms with Crippen LogP contribution in [-0.4, -0.2) is 11.9 Å². The fraction of sp³-hybridized carbons (Fsp3) is 0.417. The molecule has 0 aliphatic rings. The number of hydrogen-bond donors (Lipinski definition) is 2. The van der Waals surface area contributed by atoms with Crippen LogP contribution in [0.15, 0.2) is 22.7 Å². The predicted octanol–water partition coefficient (Wildman–Crippen LogP) is 2.90. The summed E-state index contributed by atoms with van der Waals surface area (Å²) in [5.41, 5.74) is 6.22. The highest BCUT2D eigenvalue weighted by atomic mass is 79.9. The van der Waals surface area contributed by atoms with Crippen molar-refractivity contribution >= 4 is 27.5 Å². The van der Waals surface area contributed by atoms with E-state index in [-0.39, 0.29) is 24.3 Å². The Morgan fingerprint density at radius 3 is 2.71 bits per heavy atom. The molecule has 3 N–H and O–H groups in total. The second-order valence-electron chi connectivity index (χ2n) is 4.29. The predicted molar refractivity (Wildman–Crippen MR) is 70.2 cm³/mol. The van der Waals surface area contributed by atoms with Gasteiger partial charge in [0.25, 0.3) is 0 Å². The van der Waals surface area contributed by atoms with E-state index in [2.05, 4.69) is 21.2 Å². The molecule has 0 spiro atoms. The van der Waals surface area contributed by atoms with Crippen molar-refractivity contribution in [2.45, 2.75) is 26.3 Å². The number of benzene rings is 1. The maximum atomic E-state index is 13.2. The maximum Gasteiger partial charge on any atom is 0.225 e. The number of carbonyl (C=O) groups is 1. The van der Waals surface area contributed by atoms with Gasteiger partial charge in [-0.3, -0.25) is 4.79 Å². The first-order chi connectivity index (χ1) is 7.90. The topological polar surface area (TPSA) is 55.1 Å². The summed E-state index contributed by atoms with van der Waals surface area (Å²) in [6.45, 7) is 3.91. The second kappa shape index (κ2) is 6.12. The molecule has 0 aromatic heterocycles. The lowest BCUT2D eigenvalue weighted by molar-refractivity contribution is -0.116. The van der Waals surface area contributed by atoms with E-state index < -0.39 is 5.82 Å². The molecule has 1 unspecified atom stereocenters. The quantitative estimate of drug-likeness (QED) is 0.898. The molecule has 1 atom stereocenters. The third-order valence-corrected chi connectivity index (χ3v) is 3.12. The van der Waals surface area contributed by atoms with Crippen LogP contribution in [0.3, 0.4) is 0 Å². The van der Waals surface area contributed by atoms with E-state index in [1.807, 2.05) is 13.8 Å². The number of nitrogens with two attached hydrogens (primary N) is 1. The van der Waals surface area contributed by atoms with E-state index in [1.54, 1.807) is 12.1 Å². The van der Waals surface area contributed by atoms with Gasteiger partial charge in [0.1, 0.15) is 5.82 Å². The Bertz CT molecular complexity index is 409. The van der Waals surface area contributed by atoms with Crippen LogP contribution < -0.4 is 11.1 Å². The highest BCUT2D eigenvalue weighted by Crippen LogP contribution is 2.19. The minimum Gasteiger partial charge on any atom is -0.327 e. The molecule has 0 fully saturated rings. The van der Waals surface area contributed by atoms with Crippen LogP contribution >= 0.6 is 15.9 Å². The van der Waals surface area contributed by atoms with Crippen LogP contribution in [0.25, 0.3) is 0 Å². The number of carbonyl (C=O) groups excluding carboxylic acids is 1. The van der Waals surface area contributed by atoms with Crippen LogP contribution in [0.1, 0.15) is 20.3 Å². The fourth-order valence-electron chi connectivity index (χ4n) is 1.24. The van der Waals surface area contributed by atoms with Crippen molar-refractivity contribution in [2.24, 2.45) is 11.7 Å². The standard InChI is InChI=1S/C12H16BrFN2O/c1-7(2)11(15)6-12(17)16-8-3-4-9(13)10(14)5-8/h3-5,7,11H,6,15H2,1-2H3,(H,16,17). The number of amides is 1. The zero-order chi connectivity index (χ0) is 13.0. The molecule has 0 saturated carbocycles. The molecule has 0 aliphatic carbocycles. The van der Waals surface area contributed by atoms with Crippen LogP contribution in [0.5, 0.6) is 0 Å². The van der Waals surface area contributed by atoms with Crippen molar-refractivity contribution in [3.63, 3.8) is 0 Å². The summed E-state index contributed by atoms with van der Waals surface area (Å²) in [6.07, 6.45) is 0.231. The van der Waals surface area contributed by atoms with Gasteiger partial charge < -0.3 is 11.1 Å². The Morgan fingerprint density at radius 2 is 2.18 bits per heavy atom. The molecule has 17 heavy (non-hydrogen) atoms. The van der Waals surface area contributed by atoms with Gasteiger partial charge in [-0.05, 0) is 40.0 Å². The molecule has 1 rings (SSSR count). The second-order valence-corrected chi connectivity index (χ2v) is 5.14. The Labute approximate surface area is 109 Å². The minimum absolute atomic E-state index is 0.185. The minimum atomic E-state index is -0.407. The smallest absolute Gasteiger partial charge is 0.225 e. The average Bonchev–Trinajstić information content (AvgIpc) is 2.23. The number of nitrogens with one attached hydrogen (secondary N) is 1. The SMILES string of the molecule is CC(C)C(N)CC(=O)Nc1ccc(Br)c(F)c1. The summed E-state index contributed by atoms with van der Waals surface area (Å²) < 4.78 is 13.6. The van der Waals surface area contributed by atoms with Crippen molar-refractivity contribution in [1.82, 2.24) is 0 Å². The molecule has 0 heterocycles. The molecular formula is C12H16BrFN2O. The van der Waals surface area contributed by atoms with E-state index in [4.69, 9.17) is 5.73 Å². The van der Waals surface area contributed by atoms with Crippen molar-refractivity contribution in [3.8, 4) is 0 Å². The lowest BCUT2D eigenvalue weighted by Gasteiger charge is -2.15. The number of hydrogen-bond acceptors (Lipinski definition) is 2. The van der Waals surface area contributed by atoms with Crippen LogP contribution in [-0.2, 0) is 4.79 Å². The summed E-state index contributed by atoms with van der Waals surface area (Å²) in [7, 11) is 0. The summed E-state index contributed by atoms with van der Waals surface area (Å²) in [4.78, 5) is 11.6. The monoisotopic (exact) mass is 302 g/mol. The van der Waals surface area contributed by atoms with Crippen molar-refractivity contribution in [2.75, 3.05) is 5.32 Å². The maximum absolute atomic E-state index is 13.2. The van der Waals surface area contributed by atoms with Crippen LogP contribution in [0.4, 0.5) is 10.1 Å². The zero-order valence-electron chi connectivity index (χ0n) is 9.84. The first kappa shape index (κ1) is 14.1. The van der Waals surface area contributed by atoms with Gasteiger partial charge in [0.05, 0.1) is 4.47 Å². The third kappa shape index (κ3) is 4.44. The van der Waals surface area contributed by atoms with Gasteiger partial charge in [-0.2, -0.15) is 0 Å². The molecule has 0 bridgehead atoms. The van der Waals surface area contributed by atoms with E-state index in [9.17, 15) is 9.18 Å². The zero-order valence-corrected chi connectivity index (χ0v) is 11.4. The van der Waals surface area contributed by atoms with Crippen molar-refractivity contribution in [3.05, 3.63) is 28.5 Å². The molecule has 5 heteroatoms. The van der Waals surface area contributed by atoms with Crippen molar-refractivity contribution in [1.29, 1.82) is 0 Å². The number of rotatable bonds is 4. The Hall–Kier alpha value is -0.940. The van der Waals surface area contributed by atoms with Gasteiger partial charge in [-0.25, -0.2) is 4.39 Å². The fourth-order valence-corrected chi connectivity index (χ4v) is 1.48. The molecular weight excluding hydrogens is 287 g/mol. The first-order valence-electron chi connectivity index (χ1n) is 5.40. The highest BCUT2D eigenvalue weighted by molar-refractivity contribution is 9.10. The van der Waals surface area contributed by atoms with Gasteiger partial charge in [-0.1, -0.05) is 13.8 Å². The first-order valence-corrected chi connectivity index (χ1v) is 6.20. The Kier molecular flexibility index (Phi) is 5.08. The highest BCUT2D eigenvalue weighted by Gasteiger charge is 2.13. The molecule has 1 aromatic carbocycles. The number of halogens is 2. The Morgan fingerprint density at radius 1 is 1.53 bits per heavy atom. The lowest BCUT2D eigenvalue weighted by atomic mass is 10.0. The summed E-state index contributed by atoms with van der Waals surface area (Å²) in [6, 6.07) is 4.26. The molecule has 0 saturated heterocycles. The summed E-state index contributed by atoms with van der Waals surface area (Å²) >= 11 is 3.05. The summed E-state index contributed by atoms with van der Waals surface area (Å²) in [5, 5.41) is 2.62. The van der Waals surface area contributed by atoms with E-state index >= 15 is 0 Å².